The van der Waals surface area contributed by atoms with Gasteiger partial charge in [0.05, 0.1) is 12.5 Å². The normalized spacial score (nSPS) is 14.3. The third kappa shape index (κ3) is 14.5. The number of hydrogen-bond acceptors (Lipinski definition) is 9. The number of nitrogens with one attached hydrogen (secondary N) is 3. The largest absolute Gasteiger partial charge is 0.480 e. The molecule has 0 saturated heterocycles. The molecule has 12 N–H and O–H groups in total. The summed E-state index contributed by atoms with van der Waals surface area (Å²) < 4.78 is 0. The third-order valence-corrected chi connectivity index (χ3v) is 5.79. The van der Waals surface area contributed by atoms with Crippen molar-refractivity contribution < 1.29 is 29.1 Å². The van der Waals surface area contributed by atoms with Gasteiger partial charge in [0.1, 0.15) is 18.1 Å². The van der Waals surface area contributed by atoms with Crippen molar-refractivity contribution in [3.63, 3.8) is 0 Å². The van der Waals surface area contributed by atoms with E-state index in [-0.39, 0.29) is 12.8 Å². The number of unbranched alkanes of at least 4 members (excludes halogenated alkanes) is 2. The number of nitrogens with two attached hydrogens (primary N) is 4. The molecule has 0 bridgehead atoms. The number of amides is 4. The number of carbonyl (C=O) groups excluding carboxylic acids is 4. The number of carbonyl (C=O) groups is 5. The van der Waals surface area contributed by atoms with Crippen molar-refractivity contribution in [1.29, 1.82) is 0 Å². The molecule has 4 amide bonds. The maximum absolute atomic E-state index is 12.9. The van der Waals surface area contributed by atoms with Crippen LogP contribution in [0, 0.1) is 0 Å². The van der Waals surface area contributed by atoms with Crippen molar-refractivity contribution in [3.05, 3.63) is 0 Å². The fraction of sp³-hybridized carbons (Fsp3) is 0.762. The predicted molar refractivity (Wildman–Crippen MR) is 134 cm³/mol. The van der Waals surface area contributed by atoms with Crippen LogP contribution < -0.4 is 38.9 Å². The molecule has 0 aromatic rings. The van der Waals surface area contributed by atoms with Crippen LogP contribution in [0.15, 0.2) is 0 Å². The lowest BCUT2D eigenvalue weighted by molar-refractivity contribution is -0.142. The summed E-state index contributed by atoms with van der Waals surface area (Å²) in [5.74, 6) is -3.70. The number of thioether (sulfide) groups is 1. The highest BCUT2D eigenvalue weighted by atomic mass is 32.2. The Morgan fingerprint density at radius 1 is 0.771 bits per heavy atom. The van der Waals surface area contributed by atoms with E-state index in [2.05, 4.69) is 16.0 Å². The maximum Gasteiger partial charge on any atom is 0.326 e. The average Bonchev–Trinajstić information content (AvgIpc) is 2.79. The maximum atomic E-state index is 12.9. The van der Waals surface area contributed by atoms with Gasteiger partial charge in [-0.2, -0.15) is 11.8 Å². The zero-order valence-electron chi connectivity index (χ0n) is 20.3. The minimum absolute atomic E-state index is 0.129. The lowest BCUT2D eigenvalue weighted by atomic mass is 10.1. The van der Waals surface area contributed by atoms with E-state index >= 15 is 0 Å². The molecule has 4 atom stereocenters. The molecule has 0 saturated carbocycles. The van der Waals surface area contributed by atoms with E-state index in [4.69, 9.17) is 22.9 Å². The summed E-state index contributed by atoms with van der Waals surface area (Å²) in [4.78, 5) is 61.2. The zero-order chi connectivity index (χ0) is 26.8. The van der Waals surface area contributed by atoms with Gasteiger partial charge in [0.2, 0.25) is 23.6 Å². The molecule has 0 spiro atoms. The lowest BCUT2D eigenvalue weighted by Crippen LogP contribution is -2.57. The molecule has 0 aromatic carbocycles. The lowest BCUT2D eigenvalue weighted by Gasteiger charge is -2.24. The molecular formula is C21H41N7O6S. The second kappa shape index (κ2) is 18.9. The van der Waals surface area contributed by atoms with Gasteiger partial charge < -0.3 is 44.0 Å². The number of carboxylic acids is 1. The van der Waals surface area contributed by atoms with E-state index in [1.165, 1.54) is 11.8 Å². The number of hydrogen-bond donors (Lipinski definition) is 8. The Morgan fingerprint density at radius 3 is 1.80 bits per heavy atom. The highest BCUT2D eigenvalue weighted by Gasteiger charge is 2.31. The van der Waals surface area contributed by atoms with E-state index in [1.807, 2.05) is 6.26 Å². The van der Waals surface area contributed by atoms with E-state index < -0.39 is 60.2 Å². The van der Waals surface area contributed by atoms with Crippen molar-refractivity contribution in [2.45, 2.75) is 75.5 Å². The summed E-state index contributed by atoms with van der Waals surface area (Å²) >= 11 is 1.45. The van der Waals surface area contributed by atoms with Crippen LogP contribution in [-0.4, -0.2) is 84.0 Å². The van der Waals surface area contributed by atoms with E-state index in [0.717, 1.165) is 0 Å². The SMILES string of the molecule is CSCCC(NC(=O)C(N)CCCCN)C(=O)NC(CC(N)=O)C(=O)NC(CCCCN)C(=O)O. The summed E-state index contributed by atoms with van der Waals surface area (Å²) in [6.45, 7) is 0.854. The Balaban J connectivity index is 5.36. The molecule has 0 rings (SSSR count). The van der Waals surface area contributed by atoms with Crippen LogP contribution in [0.25, 0.3) is 0 Å². The molecule has 14 heteroatoms. The number of carboxylic acid groups (broad SMARTS) is 1. The second-order valence-electron chi connectivity index (χ2n) is 8.15. The smallest absolute Gasteiger partial charge is 0.326 e. The number of rotatable bonds is 20. The van der Waals surface area contributed by atoms with E-state index in [1.54, 1.807) is 0 Å². The van der Waals surface area contributed by atoms with Gasteiger partial charge in [-0.15, -0.1) is 0 Å². The van der Waals surface area contributed by atoms with Crippen LogP contribution in [0.1, 0.15) is 51.4 Å². The second-order valence-corrected chi connectivity index (χ2v) is 9.13. The first-order valence-electron chi connectivity index (χ1n) is 11.6. The van der Waals surface area contributed by atoms with Crippen LogP contribution in [0.5, 0.6) is 0 Å². The predicted octanol–water partition coefficient (Wildman–Crippen LogP) is -2.26. The minimum atomic E-state index is -1.41. The first-order valence-corrected chi connectivity index (χ1v) is 13.0. The Labute approximate surface area is 210 Å². The van der Waals surface area contributed by atoms with Crippen molar-refractivity contribution in [3.8, 4) is 0 Å². The van der Waals surface area contributed by atoms with E-state index in [0.29, 0.717) is 50.9 Å². The van der Waals surface area contributed by atoms with Crippen LogP contribution >= 0.6 is 11.8 Å². The third-order valence-electron chi connectivity index (χ3n) is 5.15. The van der Waals surface area contributed by atoms with Gasteiger partial charge in [-0.1, -0.05) is 6.42 Å². The van der Waals surface area contributed by atoms with Gasteiger partial charge in [-0.05, 0) is 63.6 Å². The van der Waals surface area contributed by atoms with Gasteiger partial charge in [0, 0.05) is 0 Å². The molecule has 0 aliphatic heterocycles. The fourth-order valence-corrected chi connectivity index (χ4v) is 3.60. The van der Waals surface area contributed by atoms with Gasteiger partial charge >= 0.3 is 5.97 Å². The molecule has 0 aliphatic carbocycles. The fourth-order valence-electron chi connectivity index (χ4n) is 3.13. The van der Waals surface area contributed by atoms with Gasteiger partial charge in [-0.3, -0.25) is 19.2 Å². The van der Waals surface area contributed by atoms with Crippen molar-refractivity contribution >= 4 is 41.4 Å². The highest BCUT2D eigenvalue weighted by Crippen LogP contribution is 2.06. The summed E-state index contributed by atoms with van der Waals surface area (Å²) in [5.41, 5.74) is 22.0. The molecule has 4 unspecified atom stereocenters. The Hall–Kier alpha value is -2.42. The van der Waals surface area contributed by atoms with Crippen LogP contribution in [0.4, 0.5) is 0 Å². The standard InChI is InChI=1S/C21H41N7O6S/c1-35-11-8-14(26-18(30)13(24)6-2-4-9-22)19(31)28-16(12-17(25)29)20(32)27-15(21(33)34)7-3-5-10-23/h13-16H,2-12,22-24H2,1H3,(H2,25,29)(H,26,30)(H,27,32)(H,28,31)(H,33,34). The molecule has 202 valence electrons. The zero-order valence-corrected chi connectivity index (χ0v) is 21.1. The van der Waals surface area contributed by atoms with Crippen LogP contribution in [-0.2, 0) is 24.0 Å². The first-order chi connectivity index (χ1) is 16.6. The van der Waals surface area contributed by atoms with Crippen molar-refractivity contribution in [2.75, 3.05) is 25.1 Å². The molecule has 0 heterocycles. The summed E-state index contributed by atoms with van der Waals surface area (Å²) in [5, 5.41) is 16.7. The molecule has 0 fully saturated rings. The molecule has 0 aliphatic rings. The molecule has 13 nitrogen and oxygen atoms in total. The molecule has 0 aromatic heterocycles. The Morgan fingerprint density at radius 2 is 1.29 bits per heavy atom. The molecule has 35 heavy (non-hydrogen) atoms. The van der Waals surface area contributed by atoms with Crippen LogP contribution in [0.3, 0.4) is 0 Å². The quantitative estimate of drug-likeness (QED) is 0.0802. The number of aliphatic carboxylic acids is 1. The average molecular weight is 520 g/mol. The number of primary amides is 1. The van der Waals surface area contributed by atoms with Crippen LogP contribution in [0.2, 0.25) is 0 Å². The van der Waals surface area contributed by atoms with E-state index in [9.17, 15) is 29.1 Å². The van der Waals surface area contributed by atoms with Gasteiger partial charge in [-0.25, -0.2) is 4.79 Å². The monoisotopic (exact) mass is 519 g/mol. The molecular weight excluding hydrogens is 478 g/mol. The first kappa shape index (κ1) is 32.6. The van der Waals surface area contributed by atoms with Crippen molar-refractivity contribution in [1.82, 2.24) is 16.0 Å². The van der Waals surface area contributed by atoms with Gasteiger partial charge in [0.25, 0.3) is 0 Å². The molecule has 0 radical (unpaired) electrons. The Bertz CT molecular complexity index is 697. The topological polar surface area (TPSA) is 246 Å². The highest BCUT2D eigenvalue weighted by molar-refractivity contribution is 7.98. The Kier molecular flexibility index (Phi) is 17.5. The van der Waals surface area contributed by atoms with Crippen molar-refractivity contribution in [2.24, 2.45) is 22.9 Å². The summed E-state index contributed by atoms with van der Waals surface area (Å²) in [6, 6.07) is -4.48. The minimum Gasteiger partial charge on any atom is -0.480 e. The summed E-state index contributed by atoms with van der Waals surface area (Å²) in [7, 11) is 0. The van der Waals surface area contributed by atoms with Gasteiger partial charge in [0.15, 0.2) is 0 Å². The summed E-state index contributed by atoms with van der Waals surface area (Å²) in [6.07, 6.45) is 4.47.